The van der Waals surface area contributed by atoms with Gasteiger partial charge in [-0.3, -0.25) is 4.90 Å². The van der Waals surface area contributed by atoms with Crippen LogP contribution >= 0.6 is 11.6 Å². The third-order valence-electron chi connectivity index (χ3n) is 4.71. The number of nitrogens with zero attached hydrogens (tertiary/aromatic N) is 1. The number of hydrogen-bond acceptors (Lipinski definition) is 2. The van der Waals surface area contributed by atoms with E-state index in [9.17, 15) is 0 Å². The molecule has 0 aliphatic carbocycles. The molecule has 1 aromatic rings. The van der Waals surface area contributed by atoms with Crippen LogP contribution in [-0.4, -0.2) is 30.6 Å². The quantitative estimate of drug-likeness (QED) is 0.911. The minimum atomic E-state index is 0.546. The topological polar surface area (TPSA) is 15.3 Å². The fourth-order valence-corrected chi connectivity index (χ4v) is 3.85. The molecule has 0 saturated carbocycles. The van der Waals surface area contributed by atoms with Gasteiger partial charge in [0.2, 0.25) is 0 Å². The van der Waals surface area contributed by atoms with Crippen LogP contribution in [0.1, 0.15) is 37.8 Å². The highest BCUT2D eigenvalue weighted by molar-refractivity contribution is 6.30. The molecule has 104 valence electrons. The van der Waals surface area contributed by atoms with Crippen molar-refractivity contribution in [3.8, 4) is 0 Å². The van der Waals surface area contributed by atoms with Gasteiger partial charge in [0.15, 0.2) is 0 Å². The van der Waals surface area contributed by atoms with E-state index < -0.39 is 0 Å². The predicted octanol–water partition coefficient (Wildman–Crippen LogP) is 3.47. The summed E-state index contributed by atoms with van der Waals surface area (Å²) in [5.41, 5.74) is 1.41. The zero-order chi connectivity index (χ0) is 13.2. The summed E-state index contributed by atoms with van der Waals surface area (Å²) in [5, 5.41) is 4.52. The zero-order valence-corrected chi connectivity index (χ0v) is 12.4. The van der Waals surface area contributed by atoms with Gasteiger partial charge in [-0.15, -0.1) is 0 Å². The second kappa shape index (κ2) is 5.82. The molecule has 3 rings (SSSR count). The van der Waals surface area contributed by atoms with Gasteiger partial charge >= 0.3 is 0 Å². The smallest absolute Gasteiger partial charge is 0.0406 e. The van der Waals surface area contributed by atoms with Crippen LogP contribution in [-0.2, 0) is 0 Å². The van der Waals surface area contributed by atoms with Gasteiger partial charge < -0.3 is 5.32 Å². The van der Waals surface area contributed by atoms with Crippen LogP contribution in [0.15, 0.2) is 24.3 Å². The van der Waals surface area contributed by atoms with Crippen molar-refractivity contribution >= 4 is 11.6 Å². The van der Waals surface area contributed by atoms with E-state index in [-0.39, 0.29) is 0 Å². The van der Waals surface area contributed by atoms with Crippen LogP contribution in [0.25, 0.3) is 0 Å². The first-order chi connectivity index (χ1) is 9.28. The third kappa shape index (κ3) is 2.81. The Morgan fingerprint density at radius 2 is 2.11 bits per heavy atom. The van der Waals surface area contributed by atoms with Crippen molar-refractivity contribution in [2.24, 2.45) is 5.92 Å². The molecule has 0 bridgehead atoms. The van der Waals surface area contributed by atoms with Crippen molar-refractivity contribution in [1.29, 1.82) is 0 Å². The van der Waals surface area contributed by atoms with Gasteiger partial charge in [-0.25, -0.2) is 0 Å². The van der Waals surface area contributed by atoms with E-state index in [2.05, 4.69) is 29.3 Å². The fraction of sp³-hybridized carbons (Fsp3) is 0.625. The first kappa shape index (κ1) is 13.4. The van der Waals surface area contributed by atoms with Crippen LogP contribution < -0.4 is 5.32 Å². The van der Waals surface area contributed by atoms with Gasteiger partial charge in [-0.1, -0.05) is 30.7 Å². The maximum Gasteiger partial charge on any atom is 0.0406 e. The van der Waals surface area contributed by atoms with Crippen molar-refractivity contribution < 1.29 is 0 Å². The fourth-order valence-electron chi connectivity index (χ4n) is 3.72. The molecule has 1 N–H and O–H groups in total. The van der Waals surface area contributed by atoms with Crippen molar-refractivity contribution in [1.82, 2.24) is 10.2 Å². The second-order valence-electron chi connectivity index (χ2n) is 5.89. The van der Waals surface area contributed by atoms with Gasteiger partial charge in [0.25, 0.3) is 0 Å². The highest BCUT2D eigenvalue weighted by Crippen LogP contribution is 2.33. The molecule has 0 spiro atoms. The molecule has 2 aliphatic heterocycles. The van der Waals surface area contributed by atoms with Crippen molar-refractivity contribution in [2.45, 2.75) is 38.3 Å². The minimum absolute atomic E-state index is 0.546. The molecule has 3 atom stereocenters. The molecule has 2 fully saturated rings. The summed E-state index contributed by atoms with van der Waals surface area (Å²) in [6.45, 7) is 5.94. The standard InChI is InChI=1S/C16H23ClN2/c1-2-16(12-5-7-14(17)8-6-12)19-10-13-4-3-9-18-15(13)11-19/h5-8,13,15-16,18H,2-4,9-11H2,1H3. The summed E-state index contributed by atoms with van der Waals surface area (Å²) in [6, 6.07) is 9.67. The lowest BCUT2D eigenvalue weighted by atomic mass is 9.94. The number of likely N-dealkylation sites (tertiary alicyclic amines) is 1. The van der Waals surface area contributed by atoms with E-state index in [0.717, 1.165) is 17.0 Å². The lowest BCUT2D eigenvalue weighted by Gasteiger charge is -2.27. The summed E-state index contributed by atoms with van der Waals surface area (Å²) in [4.78, 5) is 2.66. The van der Waals surface area contributed by atoms with Crippen molar-refractivity contribution in [3.63, 3.8) is 0 Å². The molecule has 2 heterocycles. The monoisotopic (exact) mass is 278 g/mol. The maximum atomic E-state index is 6.00. The van der Waals surface area contributed by atoms with Crippen LogP contribution in [0.4, 0.5) is 0 Å². The predicted molar refractivity (Wildman–Crippen MR) is 80.6 cm³/mol. The number of nitrogens with one attached hydrogen (secondary N) is 1. The van der Waals surface area contributed by atoms with E-state index in [0.29, 0.717) is 6.04 Å². The first-order valence-corrected chi connectivity index (χ1v) is 7.88. The largest absolute Gasteiger partial charge is 0.312 e. The van der Waals surface area contributed by atoms with Gasteiger partial charge in [0.1, 0.15) is 0 Å². The first-order valence-electron chi connectivity index (χ1n) is 7.51. The lowest BCUT2D eigenvalue weighted by molar-refractivity contribution is 0.228. The molecule has 2 aliphatic rings. The number of rotatable bonds is 3. The van der Waals surface area contributed by atoms with E-state index in [1.807, 2.05) is 12.1 Å². The molecule has 19 heavy (non-hydrogen) atoms. The van der Waals surface area contributed by atoms with Crippen LogP contribution in [0, 0.1) is 5.92 Å². The highest BCUT2D eigenvalue weighted by Gasteiger charge is 2.36. The second-order valence-corrected chi connectivity index (χ2v) is 6.33. The summed E-state index contributed by atoms with van der Waals surface area (Å²) < 4.78 is 0. The number of benzene rings is 1. The molecule has 0 aromatic heterocycles. The molecule has 3 unspecified atom stereocenters. The number of piperidine rings is 1. The number of hydrogen-bond donors (Lipinski definition) is 1. The highest BCUT2D eigenvalue weighted by atomic mass is 35.5. The SMILES string of the molecule is CCC(c1ccc(Cl)cc1)N1CC2CCCNC2C1. The van der Waals surface area contributed by atoms with E-state index >= 15 is 0 Å². The molecular weight excluding hydrogens is 256 g/mol. The molecule has 0 amide bonds. The molecule has 0 radical (unpaired) electrons. The van der Waals surface area contributed by atoms with Crippen LogP contribution in [0.3, 0.4) is 0 Å². The van der Waals surface area contributed by atoms with Crippen molar-refractivity contribution in [3.05, 3.63) is 34.9 Å². The summed E-state index contributed by atoms with van der Waals surface area (Å²) >= 11 is 6.00. The Morgan fingerprint density at radius 3 is 2.79 bits per heavy atom. The Bertz CT molecular complexity index is 403. The molecular formula is C16H23ClN2. The number of halogens is 1. The number of fused-ring (bicyclic) bond motifs is 1. The molecule has 1 aromatic carbocycles. The van der Waals surface area contributed by atoms with Gasteiger partial charge in [-0.2, -0.15) is 0 Å². The zero-order valence-electron chi connectivity index (χ0n) is 11.6. The Labute approximate surface area is 121 Å². The Morgan fingerprint density at radius 1 is 1.32 bits per heavy atom. The molecule has 3 heteroatoms. The summed E-state index contributed by atoms with van der Waals surface area (Å²) in [5.74, 6) is 0.857. The minimum Gasteiger partial charge on any atom is -0.312 e. The third-order valence-corrected chi connectivity index (χ3v) is 4.96. The van der Waals surface area contributed by atoms with Gasteiger partial charge in [0.05, 0.1) is 0 Å². The van der Waals surface area contributed by atoms with Gasteiger partial charge in [0, 0.05) is 30.2 Å². The Hall–Kier alpha value is -0.570. The average Bonchev–Trinajstić information content (AvgIpc) is 2.85. The van der Waals surface area contributed by atoms with E-state index in [1.165, 1.54) is 44.5 Å². The Balaban J connectivity index is 1.74. The summed E-state index contributed by atoms with van der Waals surface area (Å²) in [7, 11) is 0. The van der Waals surface area contributed by atoms with Crippen LogP contribution in [0.2, 0.25) is 5.02 Å². The normalized spacial score (nSPS) is 29.2. The summed E-state index contributed by atoms with van der Waals surface area (Å²) in [6.07, 6.45) is 3.90. The molecule has 2 nitrogen and oxygen atoms in total. The average molecular weight is 279 g/mol. The Kier molecular flexibility index (Phi) is 4.11. The van der Waals surface area contributed by atoms with E-state index in [1.54, 1.807) is 0 Å². The van der Waals surface area contributed by atoms with Crippen LogP contribution in [0.5, 0.6) is 0 Å². The van der Waals surface area contributed by atoms with Crippen molar-refractivity contribution in [2.75, 3.05) is 19.6 Å². The lowest BCUT2D eigenvalue weighted by Crippen LogP contribution is -2.40. The van der Waals surface area contributed by atoms with E-state index in [4.69, 9.17) is 11.6 Å². The maximum absolute atomic E-state index is 6.00. The molecule has 2 saturated heterocycles. The van der Waals surface area contributed by atoms with Gasteiger partial charge in [-0.05, 0) is 49.4 Å².